The van der Waals surface area contributed by atoms with E-state index in [9.17, 15) is 8.42 Å². The van der Waals surface area contributed by atoms with Gasteiger partial charge in [-0.2, -0.15) is 4.31 Å². The molecule has 23 heavy (non-hydrogen) atoms. The fraction of sp³-hybridized carbons (Fsp3) is 0.688. The van der Waals surface area contributed by atoms with Gasteiger partial charge in [0.15, 0.2) is 0 Å². The van der Waals surface area contributed by atoms with Crippen LogP contribution in [0.15, 0.2) is 23.2 Å². The minimum atomic E-state index is -3.37. The molecule has 1 aliphatic carbocycles. The first-order valence-electron chi connectivity index (χ1n) is 8.35. The Morgan fingerprint density at radius 1 is 1.30 bits per heavy atom. The second-order valence-electron chi connectivity index (χ2n) is 6.74. The minimum Gasteiger partial charge on any atom is -0.368 e. The number of likely N-dealkylation sites (N-methyl/N-ethyl adjacent to an activating group) is 1. The van der Waals surface area contributed by atoms with Crippen molar-refractivity contribution in [2.75, 3.05) is 39.0 Å². The van der Waals surface area contributed by atoms with E-state index in [1.54, 1.807) is 16.4 Å². The second kappa shape index (κ2) is 6.75. The molecule has 1 aliphatic heterocycles. The Kier molecular flexibility index (Phi) is 4.89. The monoisotopic (exact) mass is 338 g/mol. The lowest BCUT2D eigenvalue weighted by molar-refractivity contribution is 0.276. The van der Waals surface area contributed by atoms with Crippen molar-refractivity contribution < 1.29 is 8.42 Å². The van der Waals surface area contributed by atoms with Crippen LogP contribution in [0.1, 0.15) is 25.7 Å². The molecule has 1 N–H and O–H groups in total. The van der Waals surface area contributed by atoms with Crippen molar-refractivity contribution in [3.63, 3.8) is 0 Å². The number of nitrogens with zero attached hydrogens (tertiary/aromatic N) is 3. The number of nitrogens with one attached hydrogen (secondary N) is 1. The molecule has 1 saturated heterocycles. The molecular formula is C16H26N4O2S. The SMILES string of the molecule is CN(C)C(CNc1ccc(S(=O)(=O)N2CCCC2)cn1)C1CC1. The largest absolute Gasteiger partial charge is 0.368 e. The van der Waals surface area contributed by atoms with Crippen molar-refractivity contribution in [3.8, 4) is 0 Å². The normalized spacial score (nSPS) is 20.8. The highest BCUT2D eigenvalue weighted by Gasteiger charge is 2.32. The summed E-state index contributed by atoms with van der Waals surface area (Å²) in [5.74, 6) is 1.50. The summed E-state index contributed by atoms with van der Waals surface area (Å²) in [5, 5.41) is 3.33. The maximum absolute atomic E-state index is 12.5. The molecule has 1 atom stereocenters. The summed E-state index contributed by atoms with van der Waals surface area (Å²) in [5.41, 5.74) is 0. The Morgan fingerprint density at radius 2 is 2.00 bits per heavy atom. The number of aromatic nitrogens is 1. The Balaban J connectivity index is 1.62. The van der Waals surface area contributed by atoms with Gasteiger partial charge >= 0.3 is 0 Å². The standard InChI is InChI=1S/C16H26N4O2S/c1-19(2)15(13-5-6-13)12-18-16-8-7-14(11-17-16)23(21,22)20-9-3-4-10-20/h7-8,11,13,15H,3-6,9-10,12H2,1-2H3,(H,17,18). The summed E-state index contributed by atoms with van der Waals surface area (Å²) in [4.78, 5) is 6.83. The molecule has 0 spiro atoms. The Morgan fingerprint density at radius 3 is 2.52 bits per heavy atom. The zero-order chi connectivity index (χ0) is 16.4. The molecule has 0 aromatic carbocycles. The summed E-state index contributed by atoms with van der Waals surface area (Å²) in [6.45, 7) is 2.07. The van der Waals surface area contributed by atoms with Crippen LogP contribution in [0.4, 0.5) is 5.82 Å². The maximum atomic E-state index is 12.5. The van der Waals surface area contributed by atoms with E-state index in [-0.39, 0.29) is 4.90 Å². The number of hydrogen-bond acceptors (Lipinski definition) is 5. The van der Waals surface area contributed by atoms with E-state index < -0.39 is 10.0 Å². The molecule has 1 unspecified atom stereocenters. The summed E-state index contributed by atoms with van der Waals surface area (Å²) in [6.07, 6.45) is 5.95. The Bertz CT molecular complexity index is 618. The van der Waals surface area contributed by atoms with Crippen LogP contribution in [0.2, 0.25) is 0 Å². The van der Waals surface area contributed by atoms with Crippen molar-refractivity contribution in [2.45, 2.75) is 36.6 Å². The lowest BCUT2D eigenvalue weighted by Gasteiger charge is -2.24. The first-order chi connectivity index (χ1) is 11.0. The fourth-order valence-electron chi connectivity index (χ4n) is 3.18. The molecule has 3 rings (SSSR count). The lowest BCUT2D eigenvalue weighted by atomic mass is 10.1. The molecule has 0 radical (unpaired) electrons. The second-order valence-corrected chi connectivity index (χ2v) is 8.68. The van der Waals surface area contributed by atoms with Crippen LogP contribution in [-0.2, 0) is 10.0 Å². The van der Waals surface area contributed by atoms with Crippen molar-refractivity contribution in [1.82, 2.24) is 14.2 Å². The van der Waals surface area contributed by atoms with Gasteiger partial charge in [0.25, 0.3) is 0 Å². The van der Waals surface area contributed by atoms with E-state index in [0.29, 0.717) is 19.1 Å². The van der Waals surface area contributed by atoms with Crippen LogP contribution >= 0.6 is 0 Å². The summed E-state index contributed by atoms with van der Waals surface area (Å²) in [7, 11) is 0.833. The number of anilines is 1. The van der Waals surface area contributed by atoms with E-state index in [4.69, 9.17) is 0 Å². The van der Waals surface area contributed by atoms with E-state index >= 15 is 0 Å². The number of sulfonamides is 1. The van der Waals surface area contributed by atoms with Crippen LogP contribution in [0, 0.1) is 5.92 Å². The van der Waals surface area contributed by atoms with Crippen LogP contribution < -0.4 is 5.32 Å². The first kappa shape index (κ1) is 16.7. The quantitative estimate of drug-likeness (QED) is 0.818. The van der Waals surface area contributed by atoms with Gasteiger partial charge < -0.3 is 10.2 Å². The predicted molar refractivity (Wildman–Crippen MR) is 90.9 cm³/mol. The van der Waals surface area contributed by atoms with Crippen molar-refractivity contribution in [2.24, 2.45) is 5.92 Å². The molecule has 0 bridgehead atoms. The van der Waals surface area contributed by atoms with Gasteiger partial charge in [-0.15, -0.1) is 0 Å². The summed E-state index contributed by atoms with van der Waals surface area (Å²) in [6, 6.07) is 3.93. The molecule has 6 nitrogen and oxygen atoms in total. The minimum absolute atomic E-state index is 0.288. The maximum Gasteiger partial charge on any atom is 0.244 e. The lowest BCUT2D eigenvalue weighted by Crippen LogP contribution is -2.36. The van der Waals surface area contributed by atoms with Gasteiger partial charge in [-0.3, -0.25) is 0 Å². The van der Waals surface area contributed by atoms with Crippen LogP contribution in [0.5, 0.6) is 0 Å². The van der Waals surface area contributed by atoms with Gasteiger partial charge in [0.05, 0.1) is 0 Å². The van der Waals surface area contributed by atoms with Crippen LogP contribution in [0.3, 0.4) is 0 Å². The molecule has 1 saturated carbocycles. The average Bonchev–Trinajstić information content (AvgIpc) is 3.19. The molecule has 7 heteroatoms. The Hall–Kier alpha value is -1.18. The highest BCUT2D eigenvalue weighted by atomic mass is 32.2. The van der Waals surface area contributed by atoms with Gasteiger partial charge in [-0.25, -0.2) is 13.4 Å². The Labute approximate surface area is 138 Å². The number of rotatable bonds is 7. The zero-order valence-corrected chi connectivity index (χ0v) is 14.7. The highest BCUT2D eigenvalue weighted by Crippen LogP contribution is 2.34. The summed E-state index contributed by atoms with van der Waals surface area (Å²) < 4.78 is 26.5. The molecule has 2 heterocycles. The van der Waals surface area contributed by atoms with Gasteiger partial charge in [-0.05, 0) is 57.8 Å². The smallest absolute Gasteiger partial charge is 0.244 e. The topological polar surface area (TPSA) is 65.5 Å². The van der Waals surface area contributed by atoms with Crippen LogP contribution in [-0.4, -0.2) is 62.4 Å². The molecule has 128 valence electrons. The van der Waals surface area contributed by atoms with E-state index in [1.807, 2.05) is 0 Å². The first-order valence-corrected chi connectivity index (χ1v) is 9.79. The third-order valence-electron chi connectivity index (χ3n) is 4.76. The molecule has 1 aromatic heterocycles. The van der Waals surface area contributed by atoms with Crippen molar-refractivity contribution in [1.29, 1.82) is 0 Å². The fourth-order valence-corrected chi connectivity index (χ4v) is 4.64. The summed E-state index contributed by atoms with van der Waals surface area (Å²) >= 11 is 0. The van der Waals surface area contributed by atoms with Gasteiger partial charge in [0.2, 0.25) is 10.0 Å². The number of pyridine rings is 1. The van der Waals surface area contributed by atoms with E-state index in [2.05, 4.69) is 29.3 Å². The molecular weight excluding hydrogens is 312 g/mol. The van der Waals surface area contributed by atoms with Gasteiger partial charge in [0, 0.05) is 31.9 Å². The zero-order valence-electron chi connectivity index (χ0n) is 13.9. The molecule has 1 aromatic rings. The van der Waals surface area contributed by atoms with Gasteiger partial charge in [0.1, 0.15) is 10.7 Å². The van der Waals surface area contributed by atoms with Crippen molar-refractivity contribution in [3.05, 3.63) is 18.3 Å². The third kappa shape index (κ3) is 3.84. The van der Waals surface area contributed by atoms with Crippen LogP contribution in [0.25, 0.3) is 0 Å². The van der Waals surface area contributed by atoms with Gasteiger partial charge in [-0.1, -0.05) is 0 Å². The number of hydrogen-bond donors (Lipinski definition) is 1. The van der Waals surface area contributed by atoms with Crippen molar-refractivity contribution >= 4 is 15.8 Å². The van der Waals surface area contributed by atoms with E-state index in [1.165, 1.54) is 19.0 Å². The predicted octanol–water partition coefficient (Wildman–Crippen LogP) is 1.62. The highest BCUT2D eigenvalue weighted by molar-refractivity contribution is 7.89. The molecule has 2 aliphatic rings. The average molecular weight is 338 g/mol. The van der Waals surface area contributed by atoms with E-state index in [0.717, 1.165) is 31.1 Å². The third-order valence-corrected chi connectivity index (χ3v) is 6.64. The molecule has 0 amide bonds. The molecule has 2 fully saturated rings.